The van der Waals surface area contributed by atoms with Gasteiger partial charge in [0.25, 0.3) is 0 Å². The van der Waals surface area contributed by atoms with Gasteiger partial charge in [-0.1, -0.05) is 0 Å². The van der Waals surface area contributed by atoms with Gasteiger partial charge in [-0.15, -0.1) is 0 Å². The maximum absolute atomic E-state index is 8.33. The third-order valence-corrected chi connectivity index (χ3v) is 0. The Kier molecular flexibility index (Phi) is 25.0. The Balaban J connectivity index is -0.0000000450. The van der Waals surface area contributed by atoms with Crippen molar-refractivity contribution in [1.29, 1.82) is 0 Å². The molecule has 0 atom stereocenters. The molecule has 0 aromatic rings. The Hall–Kier alpha value is 1.30. The quantitative estimate of drug-likeness (QED) is 0.319. The molecule has 0 heterocycles. The van der Waals surface area contributed by atoms with E-state index in [0.717, 1.165) is 0 Å². The molecule has 0 bridgehead atoms. The van der Waals surface area contributed by atoms with Crippen LogP contribution in [0.4, 0.5) is 4.79 Å². The zero-order valence-electron chi connectivity index (χ0n) is 3.14. The van der Waals surface area contributed by atoms with E-state index in [-0.39, 0.29) is 60.8 Å². The van der Waals surface area contributed by atoms with E-state index in [4.69, 9.17) is 15.0 Å². The summed E-state index contributed by atoms with van der Waals surface area (Å²) in [5.41, 5.74) is 0. The molecule has 0 aliphatic carbocycles. The van der Waals surface area contributed by atoms with Gasteiger partial charge in [-0.2, -0.15) is 0 Å². The van der Waals surface area contributed by atoms with Gasteiger partial charge in [-0.3, -0.25) is 0 Å². The zero-order valence-corrected chi connectivity index (χ0v) is 6.76. The molecular formula is CCaMgO3+2. The van der Waals surface area contributed by atoms with Gasteiger partial charge in [0.1, 0.15) is 0 Å². The molecule has 0 rings (SSSR count). The van der Waals surface area contributed by atoms with Crippen LogP contribution in [0.3, 0.4) is 0 Å². The van der Waals surface area contributed by atoms with Gasteiger partial charge >= 0.3 is 60.8 Å². The van der Waals surface area contributed by atoms with E-state index in [1.165, 1.54) is 0 Å². The van der Waals surface area contributed by atoms with E-state index in [0.29, 0.717) is 0 Å². The Bertz CT molecular complexity index is 33.8. The van der Waals surface area contributed by atoms with E-state index < -0.39 is 6.16 Å². The fourth-order valence-corrected chi connectivity index (χ4v) is 0. The summed E-state index contributed by atoms with van der Waals surface area (Å²) >= 11 is 0. The summed E-state index contributed by atoms with van der Waals surface area (Å²) in [5, 5.41) is 16.7. The SMILES string of the molecule is O=C([O-])[O-].[Ca+2].[Mg+2]. The van der Waals surface area contributed by atoms with Crippen molar-refractivity contribution in [2.45, 2.75) is 0 Å². The molecule has 0 radical (unpaired) electrons. The summed E-state index contributed by atoms with van der Waals surface area (Å²) < 4.78 is 0. The van der Waals surface area contributed by atoms with Crippen LogP contribution in [0.2, 0.25) is 0 Å². The molecule has 6 heavy (non-hydrogen) atoms. The fraction of sp³-hybridized carbons (Fsp3) is 0. The van der Waals surface area contributed by atoms with Crippen molar-refractivity contribution in [3.05, 3.63) is 0 Å². The van der Waals surface area contributed by atoms with Crippen molar-refractivity contribution in [2.24, 2.45) is 0 Å². The molecule has 0 saturated heterocycles. The number of hydrogen-bond donors (Lipinski definition) is 0. The van der Waals surface area contributed by atoms with Gasteiger partial charge in [-0.25, -0.2) is 0 Å². The zero-order chi connectivity index (χ0) is 3.58. The van der Waals surface area contributed by atoms with Crippen LogP contribution in [0.1, 0.15) is 0 Å². The van der Waals surface area contributed by atoms with Crippen LogP contribution in [0, 0.1) is 0 Å². The molecule has 0 spiro atoms. The number of hydrogen-bond acceptors (Lipinski definition) is 3. The second-order valence-electron chi connectivity index (χ2n) is 0.250. The first kappa shape index (κ1) is 15.7. The summed E-state index contributed by atoms with van der Waals surface area (Å²) in [6.07, 6.45) is -2.33. The van der Waals surface area contributed by atoms with Crippen LogP contribution in [0.25, 0.3) is 0 Å². The first-order valence-electron chi connectivity index (χ1n) is 0.612. The van der Waals surface area contributed by atoms with Crippen molar-refractivity contribution < 1.29 is 15.0 Å². The summed E-state index contributed by atoms with van der Waals surface area (Å²) in [5.74, 6) is 0. The normalized spacial score (nSPS) is 4.00. The average molecular weight is 124 g/mol. The molecule has 0 aliphatic heterocycles. The Morgan fingerprint density at radius 2 is 1.33 bits per heavy atom. The average Bonchev–Trinajstić information content (AvgIpc) is 0.811. The van der Waals surface area contributed by atoms with Gasteiger partial charge in [-0.05, 0) is 6.16 Å². The van der Waals surface area contributed by atoms with Gasteiger partial charge in [0, 0.05) is 0 Å². The smallest absolute Gasteiger partial charge is 0.652 e. The molecule has 0 aromatic heterocycles. The third kappa shape index (κ3) is 58.2. The summed E-state index contributed by atoms with van der Waals surface area (Å²) in [6, 6.07) is 0. The van der Waals surface area contributed by atoms with Crippen molar-refractivity contribution in [1.82, 2.24) is 0 Å². The van der Waals surface area contributed by atoms with Crippen LogP contribution in [0.15, 0.2) is 0 Å². The molecule has 0 aromatic carbocycles. The van der Waals surface area contributed by atoms with Crippen LogP contribution in [-0.2, 0) is 0 Å². The van der Waals surface area contributed by atoms with Gasteiger partial charge in [0.2, 0.25) is 0 Å². The topological polar surface area (TPSA) is 63.2 Å². The second kappa shape index (κ2) is 9.57. The first-order valence-corrected chi connectivity index (χ1v) is 0.612. The fourth-order valence-electron chi connectivity index (χ4n) is 0. The van der Waals surface area contributed by atoms with Crippen LogP contribution < -0.4 is 10.2 Å². The standard InChI is InChI=1S/CH2O3.Ca.Mg/c2-1(3)4;;/h(H2,2,3,4);;/q;2*+2/p-2. The van der Waals surface area contributed by atoms with Gasteiger partial charge in [0.15, 0.2) is 0 Å². The monoisotopic (exact) mass is 124 g/mol. The van der Waals surface area contributed by atoms with Crippen LogP contribution >= 0.6 is 0 Å². The molecule has 3 nitrogen and oxygen atoms in total. The minimum absolute atomic E-state index is 0. The molecule has 0 N–H and O–H groups in total. The van der Waals surface area contributed by atoms with Crippen molar-refractivity contribution >= 4 is 66.9 Å². The van der Waals surface area contributed by atoms with Crippen molar-refractivity contribution in [2.75, 3.05) is 0 Å². The van der Waals surface area contributed by atoms with E-state index in [2.05, 4.69) is 0 Å². The van der Waals surface area contributed by atoms with Crippen LogP contribution in [-0.4, -0.2) is 66.9 Å². The minimum Gasteiger partial charge on any atom is -0.652 e. The minimum atomic E-state index is -2.33. The van der Waals surface area contributed by atoms with Crippen molar-refractivity contribution in [3.8, 4) is 0 Å². The number of rotatable bonds is 0. The first-order chi connectivity index (χ1) is 1.73. The Morgan fingerprint density at radius 3 is 1.33 bits per heavy atom. The number of carboxylic acid groups (broad SMARTS) is 2. The predicted octanol–water partition coefficient (Wildman–Crippen LogP) is -3.21. The second-order valence-corrected chi connectivity index (χ2v) is 0.250. The maximum Gasteiger partial charge on any atom is 2.00 e. The predicted molar refractivity (Wildman–Crippen MR) is 16.9 cm³/mol. The molecule has 0 aliphatic rings. The summed E-state index contributed by atoms with van der Waals surface area (Å²) in [6.45, 7) is 0. The molecule has 24 valence electrons. The summed E-state index contributed by atoms with van der Waals surface area (Å²) in [4.78, 5) is 8.33. The van der Waals surface area contributed by atoms with E-state index in [1.54, 1.807) is 0 Å². The largest absolute Gasteiger partial charge is 2.00 e. The van der Waals surface area contributed by atoms with Crippen LogP contribution in [0.5, 0.6) is 0 Å². The van der Waals surface area contributed by atoms with Gasteiger partial charge < -0.3 is 15.0 Å². The van der Waals surface area contributed by atoms with Gasteiger partial charge in [0.05, 0.1) is 0 Å². The number of carbonyl (C=O) groups is 1. The maximum atomic E-state index is 8.33. The van der Waals surface area contributed by atoms with E-state index in [9.17, 15) is 0 Å². The van der Waals surface area contributed by atoms with Crippen molar-refractivity contribution in [3.63, 3.8) is 0 Å². The Morgan fingerprint density at radius 1 is 1.33 bits per heavy atom. The third-order valence-electron chi connectivity index (χ3n) is 0. The molecule has 0 unspecified atom stereocenters. The molecule has 0 amide bonds. The molecule has 0 fully saturated rings. The molecular weight excluding hydrogens is 124 g/mol. The Labute approximate surface area is 80.9 Å². The summed E-state index contributed by atoms with van der Waals surface area (Å²) in [7, 11) is 0. The van der Waals surface area contributed by atoms with E-state index in [1.807, 2.05) is 0 Å². The number of carbonyl (C=O) groups excluding carboxylic acids is 1. The van der Waals surface area contributed by atoms with E-state index >= 15 is 0 Å². The molecule has 5 heteroatoms. The molecule has 0 saturated carbocycles.